The lowest BCUT2D eigenvalue weighted by molar-refractivity contribution is -0.145. The minimum absolute atomic E-state index is 0.120. The summed E-state index contributed by atoms with van der Waals surface area (Å²) in [4.78, 5) is 18.2. The number of hydrogen-bond acceptors (Lipinski definition) is 6. The van der Waals surface area contributed by atoms with Gasteiger partial charge in [0.05, 0.1) is 24.4 Å². The lowest BCUT2D eigenvalue weighted by Crippen LogP contribution is -2.26. The first kappa shape index (κ1) is 24.8. The van der Waals surface area contributed by atoms with E-state index in [1.165, 1.54) is 23.3 Å². The summed E-state index contributed by atoms with van der Waals surface area (Å²) in [5, 5.41) is 0. The van der Waals surface area contributed by atoms with E-state index in [4.69, 9.17) is 13.9 Å². The number of benzene rings is 2. The van der Waals surface area contributed by atoms with Gasteiger partial charge < -0.3 is 13.9 Å². The monoisotopic (exact) mass is 488 g/mol. The molecule has 6 nitrogen and oxygen atoms in total. The summed E-state index contributed by atoms with van der Waals surface area (Å²) >= 11 is 0. The largest absolute Gasteiger partial charge is 0.482 e. The van der Waals surface area contributed by atoms with E-state index >= 15 is 0 Å². The maximum Gasteiger partial charge on any atom is 0.416 e. The highest BCUT2D eigenvalue weighted by molar-refractivity contribution is 5.71. The average molecular weight is 489 g/mol. The van der Waals surface area contributed by atoms with Gasteiger partial charge in [0.1, 0.15) is 11.5 Å². The Bertz CT molecular complexity index is 1170. The second-order valence-corrected chi connectivity index (χ2v) is 8.40. The van der Waals surface area contributed by atoms with Gasteiger partial charge in [-0.3, -0.25) is 4.90 Å². The molecule has 186 valence electrons. The van der Waals surface area contributed by atoms with Gasteiger partial charge >= 0.3 is 12.1 Å². The normalized spacial score (nSPS) is 14.3. The van der Waals surface area contributed by atoms with Crippen molar-refractivity contribution in [2.75, 3.05) is 26.3 Å². The zero-order valence-corrected chi connectivity index (χ0v) is 19.7. The molecule has 2 heterocycles. The first-order valence-electron chi connectivity index (χ1n) is 11.5. The van der Waals surface area contributed by atoms with Crippen molar-refractivity contribution in [3.8, 4) is 17.2 Å². The molecule has 35 heavy (non-hydrogen) atoms. The summed E-state index contributed by atoms with van der Waals surface area (Å²) in [6.45, 7) is 5.97. The first-order valence-corrected chi connectivity index (χ1v) is 11.5. The van der Waals surface area contributed by atoms with Crippen molar-refractivity contribution in [3.63, 3.8) is 0 Å². The summed E-state index contributed by atoms with van der Waals surface area (Å²) < 4.78 is 54.9. The van der Waals surface area contributed by atoms with Crippen molar-refractivity contribution in [2.45, 2.75) is 39.4 Å². The van der Waals surface area contributed by atoms with Gasteiger partial charge in [0, 0.05) is 18.7 Å². The molecule has 1 aliphatic heterocycles. The molecule has 2 aromatic carbocycles. The van der Waals surface area contributed by atoms with Crippen LogP contribution in [0, 0.1) is 6.92 Å². The molecule has 0 fully saturated rings. The lowest BCUT2D eigenvalue weighted by Gasteiger charge is -2.18. The number of nitrogens with zero attached hydrogens (tertiary/aromatic N) is 2. The molecule has 0 atom stereocenters. The van der Waals surface area contributed by atoms with E-state index < -0.39 is 17.7 Å². The number of carbonyl (C=O) groups excluding carboxylic acids is 1. The van der Waals surface area contributed by atoms with Gasteiger partial charge in [0.25, 0.3) is 0 Å². The van der Waals surface area contributed by atoms with Crippen LogP contribution in [0.1, 0.15) is 35.1 Å². The number of esters is 1. The number of rotatable bonds is 7. The molecule has 0 aliphatic carbocycles. The van der Waals surface area contributed by atoms with Crippen molar-refractivity contribution in [1.29, 1.82) is 0 Å². The van der Waals surface area contributed by atoms with Gasteiger partial charge in [0.15, 0.2) is 6.61 Å². The van der Waals surface area contributed by atoms with Gasteiger partial charge in [-0.2, -0.15) is 13.2 Å². The Morgan fingerprint density at radius 2 is 1.80 bits per heavy atom. The first-order chi connectivity index (χ1) is 16.7. The third-order valence-electron chi connectivity index (χ3n) is 5.95. The van der Waals surface area contributed by atoms with Crippen molar-refractivity contribution in [3.05, 3.63) is 70.6 Å². The zero-order valence-electron chi connectivity index (χ0n) is 19.7. The van der Waals surface area contributed by atoms with Crippen LogP contribution in [0.4, 0.5) is 13.2 Å². The van der Waals surface area contributed by atoms with Crippen LogP contribution in [0.5, 0.6) is 5.75 Å². The summed E-state index contributed by atoms with van der Waals surface area (Å²) in [5.41, 5.74) is 2.93. The van der Waals surface area contributed by atoms with Crippen LogP contribution < -0.4 is 4.74 Å². The number of hydrogen-bond donors (Lipinski definition) is 0. The molecular formula is C26H27F3N2O4. The SMILES string of the molecule is CCOC(=O)COc1ccc2c(c1)CCN(Cc1oc(-c3ccc(C(F)(F)F)cc3)nc1C)CC2. The minimum Gasteiger partial charge on any atom is -0.482 e. The Morgan fingerprint density at radius 3 is 2.49 bits per heavy atom. The third kappa shape index (κ3) is 6.22. The van der Waals surface area contributed by atoms with Crippen molar-refractivity contribution < 1.29 is 31.9 Å². The molecule has 0 N–H and O–H groups in total. The molecule has 0 saturated heterocycles. The molecule has 3 aromatic rings. The van der Waals surface area contributed by atoms with Crippen LogP contribution >= 0.6 is 0 Å². The summed E-state index contributed by atoms with van der Waals surface area (Å²) in [7, 11) is 0. The maximum absolute atomic E-state index is 12.8. The molecule has 1 aromatic heterocycles. The van der Waals surface area contributed by atoms with Crippen LogP contribution in [0.25, 0.3) is 11.5 Å². The van der Waals surface area contributed by atoms with E-state index in [0.29, 0.717) is 36.1 Å². The second-order valence-electron chi connectivity index (χ2n) is 8.40. The predicted octanol–water partition coefficient (Wildman–Crippen LogP) is 5.21. The Morgan fingerprint density at radius 1 is 1.09 bits per heavy atom. The van der Waals surface area contributed by atoms with Crippen molar-refractivity contribution in [1.82, 2.24) is 9.88 Å². The molecule has 0 bridgehead atoms. The molecule has 0 unspecified atom stereocenters. The average Bonchev–Trinajstić information content (AvgIpc) is 3.07. The van der Waals surface area contributed by atoms with Gasteiger partial charge in [0.2, 0.25) is 5.89 Å². The number of carbonyl (C=O) groups is 1. The Labute approximate surface area is 201 Å². The minimum atomic E-state index is -4.38. The number of fused-ring (bicyclic) bond motifs is 1. The standard InChI is InChI=1S/C26H27F3N2O4/c1-3-33-24(32)16-34-22-9-6-18-10-12-31(13-11-20(18)14-22)15-23-17(2)30-25(35-23)19-4-7-21(8-5-19)26(27,28)29/h4-9,14H,3,10-13,15-16H2,1-2H3. The van der Waals surface area contributed by atoms with E-state index in [1.54, 1.807) is 6.92 Å². The van der Waals surface area contributed by atoms with Gasteiger partial charge in [-0.05, 0) is 74.2 Å². The molecule has 0 radical (unpaired) electrons. The number of aromatic nitrogens is 1. The molecule has 0 saturated carbocycles. The lowest BCUT2D eigenvalue weighted by atomic mass is 10.0. The van der Waals surface area contributed by atoms with Crippen LogP contribution in [0.15, 0.2) is 46.9 Å². The second kappa shape index (κ2) is 10.5. The van der Waals surface area contributed by atoms with E-state index in [2.05, 4.69) is 9.88 Å². The molecule has 0 spiro atoms. The smallest absolute Gasteiger partial charge is 0.416 e. The van der Waals surface area contributed by atoms with Crippen LogP contribution in [0.3, 0.4) is 0 Å². The summed E-state index contributed by atoms with van der Waals surface area (Å²) in [6.07, 6.45) is -2.72. The number of ether oxygens (including phenoxy) is 2. The maximum atomic E-state index is 12.8. The number of oxazole rings is 1. The fraction of sp³-hybridized carbons (Fsp3) is 0.385. The summed E-state index contributed by atoms with van der Waals surface area (Å²) in [6, 6.07) is 10.7. The third-order valence-corrected chi connectivity index (χ3v) is 5.95. The molecule has 0 amide bonds. The topological polar surface area (TPSA) is 64.8 Å². The molecule has 4 rings (SSSR count). The quantitative estimate of drug-likeness (QED) is 0.426. The number of aryl methyl sites for hydroxylation is 1. The van der Waals surface area contributed by atoms with Crippen LogP contribution in [-0.4, -0.2) is 42.2 Å². The van der Waals surface area contributed by atoms with E-state index in [0.717, 1.165) is 43.8 Å². The fourth-order valence-electron chi connectivity index (χ4n) is 4.04. The molecular weight excluding hydrogens is 461 g/mol. The van der Waals surface area contributed by atoms with Crippen LogP contribution in [-0.2, 0) is 35.1 Å². The van der Waals surface area contributed by atoms with E-state index in [1.807, 2.05) is 25.1 Å². The van der Waals surface area contributed by atoms with E-state index in [9.17, 15) is 18.0 Å². The highest BCUT2D eigenvalue weighted by Gasteiger charge is 2.30. The molecule has 9 heteroatoms. The van der Waals surface area contributed by atoms with Crippen LogP contribution in [0.2, 0.25) is 0 Å². The highest BCUT2D eigenvalue weighted by atomic mass is 19.4. The predicted molar refractivity (Wildman–Crippen MR) is 123 cm³/mol. The van der Waals surface area contributed by atoms with E-state index in [-0.39, 0.29) is 6.61 Å². The van der Waals surface area contributed by atoms with Gasteiger partial charge in [-0.25, -0.2) is 9.78 Å². The Balaban J connectivity index is 1.39. The van der Waals surface area contributed by atoms with Crippen molar-refractivity contribution >= 4 is 5.97 Å². The highest BCUT2D eigenvalue weighted by Crippen LogP contribution is 2.31. The Hall–Kier alpha value is -3.33. The fourth-order valence-corrected chi connectivity index (χ4v) is 4.04. The zero-order chi connectivity index (χ0) is 25.0. The Kier molecular flexibility index (Phi) is 7.45. The van der Waals surface area contributed by atoms with Gasteiger partial charge in [-0.15, -0.1) is 0 Å². The number of halogens is 3. The van der Waals surface area contributed by atoms with Crippen molar-refractivity contribution in [2.24, 2.45) is 0 Å². The number of alkyl halides is 3. The van der Waals surface area contributed by atoms with Gasteiger partial charge in [-0.1, -0.05) is 6.07 Å². The molecule has 1 aliphatic rings. The summed E-state index contributed by atoms with van der Waals surface area (Å²) in [5.74, 6) is 1.25.